The van der Waals surface area contributed by atoms with Crippen molar-refractivity contribution in [2.24, 2.45) is 0 Å². The van der Waals surface area contributed by atoms with Crippen molar-refractivity contribution in [1.29, 1.82) is 0 Å². The molecule has 1 heterocycles. The predicted octanol–water partition coefficient (Wildman–Crippen LogP) is 5.55. The molecule has 0 fully saturated rings. The van der Waals surface area contributed by atoms with Gasteiger partial charge in [0.15, 0.2) is 5.82 Å². The minimum Gasteiger partial charge on any atom is -0.352 e. The Labute approximate surface area is 147 Å². The zero-order valence-corrected chi connectivity index (χ0v) is 13.6. The van der Waals surface area contributed by atoms with E-state index in [1.54, 1.807) is 0 Å². The molecule has 0 spiro atoms. The Bertz CT molecular complexity index is 952. The Kier molecular flexibility index (Phi) is 4.21. The lowest BCUT2D eigenvalue weighted by Crippen LogP contribution is -1.99. The number of rotatable bonds is 4. The van der Waals surface area contributed by atoms with Crippen molar-refractivity contribution in [1.82, 2.24) is 9.97 Å². The van der Waals surface area contributed by atoms with Crippen LogP contribution >= 0.6 is 0 Å². The first kappa shape index (κ1) is 15.1. The third kappa shape index (κ3) is 3.40. The van der Waals surface area contributed by atoms with Gasteiger partial charge in [0.2, 0.25) is 0 Å². The largest absolute Gasteiger partial charge is 0.352 e. The number of benzene rings is 3. The zero-order chi connectivity index (χ0) is 16.9. The van der Waals surface area contributed by atoms with Gasteiger partial charge in [-0.2, -0.15) is 0 Å². The van der Waals surface area contributed by atoms with E-state index in [4.69, 9.17) is 4.98 Å². The molecule has 0 radical (unpaired) electrons. The van der Waals surface area contributed by atoms with Crippen molar-refractivity contribution in [3.05, 3.63) is 97.2 Å². The molecule has 0 atom stereocenters. The van der Waals surface area contributed by atoms with Crippen LogP contribution in [0.2, 0.25) is 0 Å². The van der Waals surface area contributed by atoms with Crippen molar-refractivity contribution in [3.8, 4) is 22.6 Å². The molecule has 1 N–H and O–H groups in total. The molecule has 4 rings (SSSR count). The number of anilines is 2. The number of aromatic nitrogens is 2. The van der Waals surface area contributed by atoms with Gasteiger partial charge in [-0.25, -0.2) is 9.97 Å². The fourth-order valence-electron chi connectivity index (χ4n) is 2.69. The van der Waals surface area contributed by atoms with Crippen molar-refractivity contribution >= 4 is 11.4 Å². The van der Waals surface area contributed by atoms with Crippen LogP contribution in [0.15, 0.2) is 97.2 Å². The highest BCUT2D eigenvalue weighted by molar-refractivity contribution is 5.78. The van der Waals surface area contributed by atoms with Gasteiger partial charge >= 0.3 is 0 Å². The molecular weight excluding hydrogens is 306 g/mol. The lowest BCUT2D eigenvalue weighted by atomic mass is 10.1. The molecule has 3 heteroatoms. The molecule has 25 heavy (non-hydrogen) atoms. The maximum atomic E-state index is 4.84. The second-order valence-corrected chi connectivity index (χ2v) is 5.68. The van der Waals surface area contributed by atoms with Crippen LogP contribution < -0.4 is 5.32 Å². The number of hydrogen-bond acceptors (Lipinski definition) is 3. The van der Waals surface area contributed by atoms with Gasteiger partial charge in [-0.1, -0.05) is 78.9 Å². The van der Waals surface area contributed by atoms with Crippen molar-refractivity contribution < 1.29 is 0 Å². The lowest BCUT2D eigenvalue weighted by molar-refractivity contribution is 1.18. The summed E-state index contributed by atoms with van der Waals surface area (Å²) < 4.78 is 0. The van der Waals surface area contributed by atoms with Crippen molar-refractivity contribution in [3.63, 3.8) is 0 Å². The van der Waals surface area contributed by atoms with Crippen LogP contribution in [0.3, 0.4) is 0 Å². The van der Waals surface area contributed by atoms with Crippen LogP contribution in [-0.2, 0) is 0 Å². The van der Waals surface area contributed by atoms with Crippen LogP contribution in [-0.4, -0.2) is 9.97 Å². The van der Waals surface area contributed by atoms with E-state index >= 15 is 0 Å². The summed E-state index contributed by atoms with van der Waals surface area (Å²) in [6, 6.07) is 30.3. The molecule has 0 aliphatic carbocycles. The standard InChI is InChI=1S/C22H17N3/c1-4-10-17(11-5-1)21-20(24-19-14-8-3-9-15-19)16-23-22(25-21)18-12-6-2-7-13-18/h1-16,24H. The Hall–Kier alpha value is -3.46. The van der Waals surface area contributed by atoms with Crippen LogP contribution in [0.5, 0.6) is 0 Å². The molecule has 0 unspecified atom stereocenters. The van der Waals surface area contributed by atoms with Gasteiger partial charge in [-0.15, -0.1) is 0 Å². The summed E-state index contributed by atoms with van der Waals surface area (Å²) in [5, 5.41) is 3.42. The van der Waals surface area contributed by atoms with E-state index in [0.717, 1.165) is 34.0 Å². The highest BCUT2D eigenvalue weighted by Gasteiger charge is 2.11. The molecule has 1 aromatic heterocycles. The Morgan fingerprint density at radius 1 is 0.600 bits per heavy atom. The lowest BCUT2D eigenvalue weighted by Gasteiger charge is -2.13. The van der Waals surface area contributed by atoms with Gasteiger partial charge in [0.25, 0.3) is 0 Å². The van der Waals surface area contributed by atoms with E-state index in [0.29, 0.717) is 0 Å². The first-order chi connectivity index (χ1) is 12.4. The normalized spacial score (nSPS) is 10.4. The van der Waals surface area contributed by atoms with E-state index in [1.807, 2.05) is 85.1 Å². The summed E-state index contributed by atoms with van der Waals surface area (Å²) in [5.74, 6) is 0.720. The second kappa shape index (κ2) is 6.97. The summed E-state index contributed by atoms with van der Waals surface area (Å²) in [6.07, 6.45) is 1.85. The summed E-state index contributed by atoms with van der Waals surface area (Å²) in [6.45, 7) is 0. The number of nitrogens with zero attached hydrogens (tertiary/aromatic N) is 2. The summed E-state index contributed by atoms with van der Waals surface area (Å²) in [7, 11) is 0. The molecule has 0 amide bonds. The first-order valence-electron chi connectivity index (χ1n) is 8.20. The third-order valence-corrected chi connectivity index (χ3v) is 3.92. The van der Waals surface area contributed by atoms with Crippen LogP contribution in [0.1, 0.15) is 0 Å². The summed E-state index contributed by atoms with van der Waals surface area (Å²) in [4.78, 5) is 9.39. The number of para-hydroxylation sites is 1. The molecule has 0 saturated carbocycles. The molecule has 3 aromatic carbocycles. The molecular formula is C22H17N3. The molecule has 0 bridgehead atoms. The van der Waals surface area contributed by atoms with Gasteiger partial charge in [0.05, 0.1) is 17.6 Å². The number of nitrogens with one attached hydrogen (secondary N) is 1. The summed E-state index contributed by atoms with van der Waals surface area (Å²) >= 11 is 0. The highest BCUT2D eigenvalue weighted by Crippen LogP contribution is 2.30. The minimum atomic E-state index is 0.720. The molecule has 120 valence electrons. The topological polar surface area (TPSA) is 37.8 Å². The first-order valence-corrected chi connectivity index (χ1v) is 8.20. The third-order valence-electron chi connectivity index (χ3n) is 3.92. The fraction of sp³-hybridized carbons (Fsp3) is 0. The zero-order valence-electron chi connectivity index (χ0n) is 13.6. The summed E-state index contributed by atoms with van der Waals surface area (Å²) in [5.41, 5.74) is 4.84. The maximum Gasteiger partial charge on any atom is 0.159 e. The van der Waals surface area contributed by atoms with E-state index in [-0.39, 0.29) is 0 Å². The Morgan fingerprint density at radius 3 is 1.80 bits per heavy atom. The van der Waals surface area contributed by atoms with Crippen molar-refractivity contribution in [2.45, 2.75) is 0 Å². The van der Waals surface area contributed by atoms with Crippen LogP contribution in [0, 0.1) is 0 Å². The fourth-order valence-corrected chi connectivity index (χ4v) is 2.69. The van der Waals surface area contributed by atoms with Crippen molar-refractivity contribution in [2.75, 3.05) is 5.32 Å². The van der Waals surface area contributed by atoms with Crippen LogP contribution in [0.25, 0.3) is 22.6 Å². The molecule has 4 aromatic rings. The monoisotopic (exact) mass is 323 g/mol. The Balaban J connectivity index is 1.81. The van der Waals surface area contributed by atoms with E-state index in [1.165, 1.54) is 0 Å². The maximum absolute atomic E-state index is 4.84. The molecule has 0 aliphatic rings. The van der Waals surface area contributed by atoms with Gasteiger partial charge in [0.1, 0.15) is 0 Å². The molecule has 0 aliphatic heterocycles. The van der Waals surface area contributed by atoms with Gasteiger partial charge in [-0.05, 0) is 12.1 Å². The smallest absolute Gasteiger partial charge is 0.159 e. The van der Waals surface area contributed by atoms with Crippen LogP contribution in [0.4, 0.5) is 11.4 Å². The highest BCUT2D eigenvalue weighted by atomic mass is 15.0. The average Bonchev–Trinajstić information content (AvgIpc) is 2.70. The average molecular weight is 323 g/mol. The quantitative estimate of drug-likeness (QED) is 0.535. The van der Waals surface area contributed by atoms with E-state index < -0.39 is 0 Å². The van der Waals surface area contributed by atoms with E-state index in [9.17, 15) is 0 Å². The SMILES string of the molecule is c1ccc(Nc2cnc(-c3ccccc3)nc2-c2ccccc2)cc1. The predicted molar refractivity (Wildman–Crippen MR) is 103 cm³/mol. The van der Waals surface area contributed by atoms with E-state index in [2.05, 4.69) is 22.4 Å². The number of hydrogen-bond donors (Lipinski definition) is 1. The second-order valence-electron chi connectivity index (χ2n) is 5.68. The molecule has 3 nitrogen and oxygen atoms in total. The van der Waals surface area contributed by atoms with Gasteiger partial charge < -0.3 is 5.32 Å². The minimum absolute atomic E-state index is 0.720. The van der Waals surface area contributed by atoms with Gasteiger partial charge in [0, 0.05) is 16.8 Å². The molecule has 0 saturated heterocycles. The Morgan fingerprint density at radius 2 is 1.16 bits per heavy atom. The van der Waals surface area contributed by atoms with Gasteiger partial charge in [-0.3, -0.25) is 0 Å².